The molecule has 86 valence electrons. The first-order valence-corrected chi connectivity index (χ1v) is 5.83. The molecule has 3 nitrogen and oxygen atoms in total. The maximum atomic E-state index is 5.84. The van der Waals surface area contributed by atoms with Crippen LogP contribution in [-0.4, -0.2) is 12.5 Å². The first-order valence-electron chi connectivity index (χ1n) is 5.83. The fourth-order valence-electron chi connectivity index (χ4n) is 2.37. The van der Waals surface area contributed by atoms with Crippen molar-refractivity contribution in [3.05, 3.63) is 53.6 Å². The van der Waals surface area contributed by atoms with Crippen molar-refractivity contribution in [3.63, 3.8) is 0 Å². The number of hydrogen-bond acceptors (Lipinski definition) is 3. The van der Waals surface area contributed by atoms with Crippen LogP contribution in [-0.2, 0) is 0 Å². The van der Waals surface area contributed by atoms with Gasteiger partial charge in [-0.05, 0) is 11.1 Å². The lowest BCUT2D eigenvalue weighted by molar-refractivity contribution is 0.403. The molecule has 1 aromatic rings. The summed E-state index contributed by atoms with van der Waals surface area (Å²) in [5.41, 5.74) is 8.35. The minimum atomic E-state index is -0.305. The zero-order valence-corrected chi connectivity index (χ0v) is 9.45. The number of fused-ring (bicyclic) bond motifs is 3. The van der Waals surface area contributed by atoms with Crippen molar-refractivity contribution < 1.29 is 0 Å². The second kappa shape index (κ2) is 4.28. The van der Waals surface area contributed by atoms with E-state index in [1.54, 1.807) is 0 Å². The fraction of sp³-hybridized carbons (Fsp3) is 0.214. The highest BCUT2D eigenvalue weighted by Gasteiger charge is 2.26. The van der Waals surface area contributed by atoms with Gasteiger partial charge in [0.2, 0.25) is 0 Å². The fourth-order valence-corrected chi connectivity index (χ4v) is 2.37. The molecule has 3 N–H and O–H groups in total. The van der Waals surface area contributed by atoms with Crippen LogP contribution in [0.25, 0.3) is 6.08 Å². The molecule has 0 saturated heterocycles. The van der Waals surface area contributed by atoms with Gasteiger partial charge in [0, 0.05) is 18.2 Å². The van der Waals surface area contributed by atoms with Gasteiger partial charge in [0.15, 0.2) is 6.29 Å². The molecule has 2 aliphatic rings. The molecule has 3 atom stereocenters. The number of benzene rings is 1. The second-order valence-electron chi connectivity index (χ2n) is 4.34. The van der Waals surface area contributed by atoms with Gasteiger partial charge in [0.1, 0.15) is 0 Å². The molecule has 0 aromatic heterocycles. The highest BCUT2D eigenvalue weighted by molar-refractivity contribution is 5.69. The van der Waals surface area contributed by atoms with Crippen LogP contribution in [0.15, 0.2) is 47.5 Å². The number of aliphatic imine (C=N–C) groups is 1. The summed E-state index contributed by atoms with van der Waals surface area (Å²) in [5, 5.41) is 3.34. The Bertz CT molecular complexity index is 502. The van der Waals surface area contributed by atoms with Crippen LogP contribution < -0.4 is 11.1 Å². The average molecular weight is 225 g/mol. The van der Waals surface area contributed by atoms with Crippen molar-refractivity contribution in [1.82, 2.24) is 5.32 Å². The number of nitrogens with two attached hydrogens (primary N) is 1. The van der Waals surface area contributed by atoms with E-state index in [9.17, 15) is 0 Å². The predicted octanol–water partition coefficient (Wildman–Crippen LogP) is 1.84. The zero-order valence-electron chi connectivity index (χ0n) is 9.45. The number of allylic oxidation sites excluding steroid dienone is 2. The monoisotopic (exact) mass is 225 g/mol. The molecule has 3 rings (SSSR count). The van der Waals surface area contributed by atoms with Crippen LogP contribution in [0.2, 0.25) is 0 Å². The Hall–Kier alpha value is -1.71. The third kappa shape index (κ3) is 1.95. The second-order valence-corrected chi connectivity index (χ2v) is 4.34. The largest absolute Gasteiger partial charge is 0.297 e. The Labute approximate surface area is 101 Å². The highest BCUT2D eigenvalue weighted by atomic mass is 15.2. The minimum Gasteiger partial charge on any atom is -0.297 e. The van der Waals surface area contributed by atoms with Gasteiger partial charge in [0.05, 0.1) is 0 Å². The van der Waals surface area contributed by atoms with Crippen LogP contribution in [0.4, 0.5) is 0 Å². The van der Waals surface area contributed by atoms with E-state index in [4.69, 9.17) is 5.73 Å². The van der Waals surface area contributed by atoms with E-state index in [1.807, 2.05) is 6.21 Å². The molecule has 3 heteroatoms. The van der Waals surface area contributed by atoms with E-state index < -0.39 is 0 Å². The summed E-state index contributed by atoms with van der Waals surface area (Å²) < 4.78 is 0. The van der Waals surface area contributed by atoms with Crippen LogP contribution in [0.1, 0.15) is 17.2 Å². The van der Waals surface area contributed by atoms with E-state index >= 15 is 0 Å². The predicted molar refractivity (Wildman–Crippen MR) is 70.5 cm³/mol. The molecule has 3 unspecified atom stereocenters. The van der Waals surface area contributed by atoms with Crippen molar-refractivity contribution in [2.24, 2.45) is 16.6 Å². The molecule has 0 spiro atoms. The molecule has 1 aromatic carbocycles. The molecule has 0 amide bonds. The van der Waals surface area contributed by atoms with Crippen LogP contribution in [0.3, 0.4) is 0 Å². The molecule has 17 heavy (non-hydrogen) atoms. The van der Waals surface area contributed by atoms with Crippen molar-refractivity contribution in [3.8, 4) is 0 Å². The third-order valence-electron chi connectivity index (χ3n) is 3.21. The molecular weight excluding hydrogens is 210 g/mol. The van der Waals surface area contributed by atoms with Crippen molar-refractivity contribution in [2.75, 3.05) is 0 Å². The summed E-state index contributed by atoms with van der Waals surface area (Å²) >= 11 is 0. The maximum absolute atomic E-state index is 5.84. The lowest BCUT2D eigenvalue weighted by atomic mass is 9.88. The summed E-state index contributed by atoms with van der Waals surface area (Å²) in [5.74, 6) is 0.265. The molecule has 1 heterocycles. The Morgan fingerprint density at radius 3 is 3.00 bits per heavy atom. The van der Waals surface area contributed by atoms with Crippen LogP contribution in [0.5, 0.6) is 0 Å². The van der Waals surface area contributed by atoms with Gasteiger partial charge in [-0.3, -0.25) is 16.0 Å². The van der Waals surface area contributed by atoms with Gasteiger partial charge in [-0.2, -0.15) is 0 Å². The summed E-state index contributed by atoms with van der Waals surface area (Å²) in [4.78, 5) is 4.23. The lowest BCUT2D eigenvalue weighted by Crippen LogP contribution is -2.45. The summed E-state index contributed by atoms with van der Waals surface area (Å²) in [6.45, 7) is 0. The maximum Gasteiger partial charge on any atom is 0.151 e. The SMILES string of the molecule is NC1N=CC2/C=C\C=C/c3ccccc3C2N1. The molecule has 1 aliphatic carbocycles. The third-order valence-corrected chi connectivity index (χ3v) is 3.21. The van der Waals surface area contributed by atoms with E-state index in [2.05, 4.69) is 58.9 Å². The molecule has 0 saturated carbocycles. The summed E-state index contributed by atoms with van der Waals surface area (Å²) in [6, 6.07) is 8.60. The van der Waals surface area contributed by atoms with Gasteiger partial charge in [-0.15, -0.1) is 0 Å². The zero-order chi connectivity index (χ0) is 11.7. The first kappa shape index (κ1) is 10.4. The molecule has 0 fully saturated rings. The Morgan fingerprint density at radius 2 is 2.06 bits per heavy atom. The number of hydrogen-bond donors (Lipinski definition) is 2. The topological polar surface area (TPSA) is 50.4 Å². The Balaban J connectivity index is 2.11. The standard InChI is InChI=1S/C14H15N3/c15-14-16-9-11-7-2-1-5-10-6-3-4-8-12(10)13(11)17-14/h1-9,11,13-14,17H,15H2/b5-1-,7-2-. The van der Waals surface area contributed by atoms with Crippen LogP contribution >= 0.6 is 0 Å². The average Bonchev–Trinajstić information content (AvgIpc) is 2.34. The van der Waals surface area contributed by atoms with E-state index in [0.717, 1.165) is 0 Å². The minimum absolute atomic E-state index is 0.208. The number of rotatable bonds is 0. The van der Waals surface area contributed by atoms with Crippen molar-refractivity contribution in [2.45, 2.75) is 12.3 Å². The van der Waals surface area contributed by atoms with Gasteiger partial charge in [-0.25, -0.2) is 0 Å². The molecular formula is C14H15N3. The number of nitrogens with zero attached hydrogens (tertiary/aromatic N) is 1. The normalized spacial score (nSPS) is 34.1. The first-order chi connectivity index (χ1) is 8.34. The van der Waals surface area contributed by atoms with Gasteiger partial charge < -0.3 is 0 Å². The summed E-state index contributed by atoms with van der Waals surface area (Å²) in [6.07, 6.45) is 10.1. The Kier molecular flexibility index (Phi) is 2.63. The van der Waals surface area contributed by atoms with Gasteiger partial charge in [0.25, 0.3) is 0 Å². The molecule has 1 aliphatic heterocycles. The van der Waals surface area contributed by atoms with E-state index in [1.165, 1.54) is 11.1 Å². The smallest absolute Gasteiger partial charge is 0.151 e. The lowest BCUT2D eigenvalue weighted by Gasteiger charge is -2.31. The van der Waals surface area contributed by atoms with E-state index in [-0.39, 0.29) is 18.2 Å². The van der Waals surface area contributed by atoms with Gasteiger partial charge in [-0.1, -0.05) is 48.6 Å². The van der Waals surface area contributed by atoms with Crippen LogP contribution in [0, 0.1) is 5.92 Å². The quantitative estimate of drug-likeness (QED) is 0.708. The van der Waals surface area contributed by atoms with Crippen molar-refractivity contribution >= 4 is 12.3 Å². The Morgan fingerprint density at radius 1 is 1.18 bits per heavy atom. The highest BCUT2D eigenvalue weighted by Crippen LogP contribution is 2.29. The number of nitrogens with one attached hydrogen (secondary N) is 1. The molecule has 0 bridgehead atoms. The van der Waals surface area contributed by atoms with Crippen molar-refractivity contribution in [1.29, 1.82) is 0 Å². The van der Waals surface area contributed by atoms with Gasteiger partial charge >= 0.3 is 0 Å². The summed E-state index contributed by atoms with van der Waals surface area (Å²) in [7, 11) is 0. The molecule has 0 radical (unpaired) electrons. The van der Waals surface area contributed by atoms with E-state index in [0.29, 0.717) is 0 Å².